The van der Waals surface area contributed by atoms with Crippen LogP contribution < -0.4 is 16.0 Å². The fourth-order valence-electron chi connectivity index (χ4n) is 4.36. The van der Waals surface area contributed by atoms with Crippen molar-refractivity contribution >= 4 is 23.7 Å². The second kappa shape index (κ2) is 11.2. The summed E-state index contributed by atoms with van der Waals surface area (Å²) in [5.74, 6) is -2.49. The Balaban J connectivity index is 1.56. The molecule has 1 aromatic heterocycles. The molecule has 10 nitrogen and oxygen atoms in total. The van der Waals surface area contributed by atoms with Gasteiger partial charge in [0.25, 0.3) is 5.91 Å². The van der Waals surface area contributed by atoms with E-state index in [2.05, 4.69) is 20.9 Å². The van der Waals surface area contributed by atoms with Crippen LogP contribution in [0, 0.1) is 11.8 Å². The Bertz CT molecular complexity index is 858. The maximum absolute atomic E-state index is 12.9. The summed E-state index contributed by atoms with van der Waals surface area (Å²) in [4.78, 5) is 55.6. The van der Waals surface area contributed by atoms with E-state index >= 15 is 0 Å². The second-order valence-electron chi connectivity index (χ2n) is 9.03. The number of nitrogens with zero attached hydrogens (tertiary/aromatic N) is 2. The Morgan fingerprint density at radius 2 is 1.97 bits per heavy atom. The highest BCUT2D eigenvalue weighted by molar-refractivity contribution is 5.98. The third-order valence-corrected chi connectivity index (χ3v) is 6.46. The first-order valence-corrected chi connectivity index (χ1v) is 11.5. The van der Waals surface area contributed by atoms with Crippen molar-refractivity contribution < 1.29 is 24.3 Å². The van der Waals surface area contributed by atoms with Crippen LogP contribution in [0.1, 0.15) is 55.8 Å². The topological polar surface area (TPSA) is 141 Å². The number of nitrogens with one attached hydrogen (secondary N) is 3. The molecule has 180 valence electrons. The highest BCUT2D eigenvalue weighted by Gasteiger charge is 2.39. The van der Waals surface area contributed by atoms with Crippen LogP contribution >= 0.6 is 0 Å². The SMILES string of the molecule is C[C@](NC(=O)c1cccnc1)(NC(=O)[C@@H]1CCCN(C(=O)CCC2CCNCC2)C1)C(=O)O. The third-order valence-electron chi connectivity index (χ3n) is 6.46. The first-order chi connectivity index (χ1) is 15.8. The van der Waals surface area contributed by atoms with Crippen LogP contribution in [0.4, 0.5) is 0 Å². The number of piperidine rings is 2. The van der Waals surface area contributed by atoms with E-state index in [0.29, 0.717) is 31.7 Å². The van der Waals surface area contributed by atoms with Gasteiger partial charge in [-0.25, -0.2) is 4.79 Å². The number of aliphatic carboxylic acids is 1. The highest BCUT2D eigenvalue weighted by Crippen LogP contribution is 2.22. The molecule has 3 rings (SSSR count). The highest BCUT2D eigenvalue weighted by atomic mass is 16.4. The van der Waals surface area contributed by atoms with Crippen molar-refractivity contribution in [2.75, 3.05) is 26.2 Å². The first kappa shape index (κ1) is 24.6. The fraction of sp³-hybridized carbons (Fsp3) is 0.609. The van der Waals surface area contributed by atoms with Gasteiger partial charge in [0, 0.05) is 31.9 Å². The number of hydrogen-bond acceptors (Lipinski definition) is 6. The molecule has 0 spiro atoms. The molecule has 2 saturated heterocycles. The normalized spacial score (nSPS) is 21.0. The lowest BCUT2D eigenvalue weighted by Gasteiger charge is -2.35. The number of pyridine rings is 1. The van der Waals surface area contributed by atoms with E-state index in [1.54, 1.807) is 11.0 Å². The largest absolute Gasteiger partial charge is 0.478 e. The van der Waals surface area contributed by atoms with Gasteiger partial charge in [0.15, 0.2) is 0 Å². The minimum atomic E-state index is -1.99. The maximum Gasteiger partial charge on any atom is 0.350 e. The van der Waals surface area contributed by atoms with Gasteiger partial charge in [-0.15, -0.1) is 0 Å². The molecule has 10 heteroatoms. The smallest absolute Gasteiger partial charge is 0.350 e. The summed E-state index contributed by atoms with van der Waals surface area (Å²) in [7, 11) is 0. The Morgan fingerprint density at radius 1 is 1.21 bits per heavy atom. The van der Waals surface area contributed by atoms with Gasteiger partial charge < -0.3 is 26.0 Å². The van der Waals surface area contributed by atoms with E-state index in [4.69, 9.17) is 0 Å². The van der Waals surface area contributed by atoms with E-state index in [9.17, 15) is 24.3 Å². The molecule has 1 aromatic rings. The molecule has 2 aliphatic rings. The number of carboxylic acids is 1. The molecule has 0 aromatic carbocycles. The molecule has 3 amide bonds. The molecule has 33 heavy (non-hydrogen) atoms. The van der Waals surface area contributed by atoms with Crippen molar-refractivity contribution in [1.29, 1.82) is 0 Å². The number of amides is 3. The maximum atomic E-state index is 12.9. The zero-order chi connectivity index (χ0) is 23.8. The van der Waals surface area contributed by atoms with Gasteiger partial charge >= 0.3 is 5.97 Å². The van der Waals surface area contributed by atoms with E-state index < -0.39 is 29.4 Å². The molecule has 2 atom stereocenters. The van der Waals surface area contributed by atoms with Crippen LogP contribution in [0.15, 0.2) is 24.5 Å². The zero-order valence-corrected chi connectivity index (χ0v) is 19.0. The third kappa shape index (κ3) is 6.74. The van der Waals surface area contributed by atoms with Crippen molar-refractivity contribution in [3.63, 3.8) is 0 Å². The Morgan fingerprint density at radius 3 is 2.64 bits per heavy atom. The minimum absolute atomic E-state index is 0.0388. The Hall–Kier alpha value is -3.01. The number of likely N-dealkylation sites (tertiary alicyclic amines) is 1. The summed E-state index contributed by atoms with van der Waals surface area (Å²) in [6, 6.07) is 3.06. The van der Waals surface area contributed by atoms with E-state index in [1.165, 1.54) is 25.4 Å². The minimum Gasteiger partial charge on any atom is -0.478 e. The summed E-state index contributed by atoms with van der Waals surface area (Å²) in [6.07, 6.45) is 7.51. The number of hydrogen-bond donors (Lipinski definition) is 4. The van der Waals surface area contributed by atoms with Crippen LogP contribution in [-0.2, 0) is 14.4 Å². The zero-order valence-electron chi connectivity index (χ0n) is 19.0. The van der Waals surface area contributed by atoms with Gasteiger partial charge in [-0.2, -0.15) is 0 Å². The standard InChI is InChI=1S/C23H33N5O5/c1-23(22(32)33,26-20(30)17-4-2-10-25-14-17)27-21(31)18-5-3-13-28(15-18)19(29)7-6-16-8-11-24-12-9-16/h2,4,10,14,16,18,24H,3,5-9,11-13,15H2,1H3,(H,26,30)(H,27,31)(H,32,33)/t18-,23+/m1/s1. The lowest BCUT2D eigenvalue weighted by molar-refractivity contribution is -0.149. The van der Waals surface area contributed by atoms with Gasteiger partial charge in [-0.3, -0.25) is 19.4 Å². The molecule has 0 radical (unpaired) electrons. The second-order valence-corrected chi connectivity index (χ2v) is 9.03. The van der Waals surface area contributed by atoms with Crippen molar-refractivity contribution in [2.24, 2.45) is 11.8 Å². The molecular weight excluding hydrogens is 426 g/mol. The number of aromatic nitrogens is 1. The van der Waals surface area contributed by atoms with E-state index in [1.807, 2.05) is 0 Å². The molecule has 0 bridgehead atoms. The van der Waals surface area contributed by atoms with Gasteiger partial charge in [0.05, 0.1) is 11.5 Å². The van der Waals surface area contributed by atoms with Crippen molar-refractivity contribution in [3.05, 3.63) is 30.1 Å². The summed E-state index contributed by atoms with van der Waals surface area (Å²) >= 11 is 0. The van der Waals surface area contributed by atoms with Crippen molar-refractivity contribution in [1.82, 2.24) is 25.8 Å². The number of carbonyl (C=O) groups is 4. The molecule has 4 N–H and O–H groups in total. The molecule has 0 unspecified atom stereocenters. The lowest BCUT2D eigenvalue weighted by atomic mass is 9.92. The average Bonchev–Trinajstić information content (AvgIpc) is 2.83. The number of rotatable bonds is 8. The fourth-order valence-corrected chi connectivity index (χ4v) is 4.36. The van der Waals surface area contributed by atoms with Gasteiger partial charge in [0.1, 0.15) is 0 Å². The number of carboxylic acid groups (broad SMARTS) is 1. The molecular formula is C23H33N5O5. The van der Waals surface area contributed by atoms with Gasteiger partial charge in [-0.1, -0.05) is 0 Å². The predicted molar refractivity (Wildman–Crippen MR) is 120 cm³/mol. The van der Waals surface area contributed by atoms with Gasteiger partial charge in [0.2, 0.25) is 17.5 Å². The Labute approximate surface area is 193 Å². The predicted octanol–water partition coefficient (Wildman–Crippen LogP) is 0.747. The quantitative estimate of drug-likeness (QED) is 0.420. The van der Waals surface area contributed by atoms with Crippen LogP contribution in [0.5, 0.6) is 0 Å². The van der Waals surface area contributed by atoms with Crippen molar-refractivity contribution in [2.45, 2.75) is 51.1 Å². The molecule has 0 aliphatic carbocycles. The van der Waals surface area contributed by atoms with Gasteiger partial charge in [-0.05, 0) is 70.2 Å². The lowest BCUT2D eigenvalue weighted by Crippen LogP contribution is -2.65. The number of carbonyl (C=O) groups excluding carboxylic acids is 3. The summed E-state index contributed by atoms with van der Waals surface area (Å²) in [6.45, 7) is 4.06. The first-order valence-electron chi connectivity index (χ1n) is 11.5. The monoisotopic (exact) mass is 459 g/mol. The molecule has 3 heterocycles. The summed E-state index contributed by atoms with van der Waals surface area (Å²) < 4.78 is 0. The van der Waals surface area contributed by atoms with Crippen LogP contribution in [0.2, 0.25) is 0 Å². The van der Waals surface area contributed by atoms with Crippen LogP contribution in [-0.4, -0.2) is 70.5 Å². The summed E-state index contributed by atoms with van der Waals surface area (Å²) in [5, 5.41) is 17.9. The van der Waals surface area contributed by atoms with Crippen molar-refractivity contribution in [3.8, 4) is 0 Å². The molecule has 2 fully saturated rings. The molecule has 2 aliphatic heterocycles. The Kier molecular flexibility index (Phi) is 8.37. The average molecular weight is 460 g/mol. The summed E-state index contributed by atoms with van der Waals surface area (Å²) in [5.41, 5.74) is -1.81. The van der Waals surface area contributed by atoms with E-state index in [-0.39, 0.29) is 18.0 Å². The molecule has 0 saturated carbocycles. The van der Waals surface area contributed by atoms with Crippen LogP contribution in [0.25, 0.3) is 0 Å². The van der Waals surface area contributed by atoms with Crippen LogP contribution in [0.3, 0.4) is 0 Å². The van der Waals surface area contributed by atoms with E-state index in [0.717, 1.165) is 32.4 Å².